The number of amides is 2. The van der Waals surface area contributed by atoms with Gasteiger partial charge in [-0.2, -0.15) is 5.26 Å². The fraction of sp³-hybridized carbons (Fsp3) is 0.0556. The second kappa shape index (κ2) is 6.37. The van der Waals surface area contributed by atoms with E-state index in [1.54, 1.807) is 24.3 Å². The molecule has 0 radical (unpaired) electrons. The van der Waals surface area contributed by atoms with Gasteiger partial charge in [0.1, 0.15) is 17.6 Å². The fourth-order valence-corrected chi connectivity index (χ4v) is 2.31. The Morgan fingerprint density at radius 3 is 2.56 bits per heavy atom. The van der Waals surface area contributed by atoms with Crippen LogP contribution in [0.1, 0.15) is 11.1 Å². The van der Waals surface area contributed by atoms with Crippen molar-refractivity contribution in [3.63, 3.8) is 0 Å². The van der Waals surface area contributed by atoms with Gasteiger partial charge in [-0.1, -0.05) is 6.07 Å². The minimum absolute atomic E-state index is 0.0538. The molecule has 7 heteroatoms. The molecular weight excluding hydrogens is 324 g/mol. The Balaban J connectivity index is 1.91. The lowest BCUT2D eigenvalue weighted by molar-refractivity contribution is -0.114. The summed E-state index contributed by atoms with van der Waals surface area (Å²) in [6.45, 7) is 0. The van der Waals surface area contributed by atoms with Gasteiger partial charge >= 0.3 is 12.0 Å². The zero-order valence-corrected chi connectivity index (χ0v) is 13.1. The highest BCUT2D eigenvalue weighted by Gasteiger charge is 2.37. The smallest absolute Gasteiger partial charge is 0.427 e. The van der Waals surface area contributed by atoms with Crippen molar-refractivity contribution in [3.05, 3.63) is 59.4 Å². The Morgan fingerprint density at radius 1 is 1.20 bits per heavy atom. The molecule has 0 aliphatic carbocycles. The molecule has 3 rings (SSSR count). The minimum atomic E-state index is -0.819. The lowest BCUT2D eigenvalue weighted by Crippen LogP contribution is -2.28. The monoisotopic (exact) mass is 336 g/mol. The molecule has 1 saturated heterocycles. The van der Waals surface area contributed by atoms with Crippen LogP contribution in [0.2, 0.25) is 0 Å². The molecule has 2 aromatic rings. The largest absolute Gasteiger partial charge is 0.507 e. The van der Waals surface area contributed by atoms with Crippen LogP contribution in [0.5, 0.6) is 11.5 Å². The van der Waals surface area contributed by atoms with Crippen LogP contribution in [-0.4, -0.2) is 24.2 Å². The molecule has 0 unspecified atom stereocenters. The first-order valence-corrected chi connectivity index (χ1v) is 7.18. The van der Waals surface area contributed by atoms with E-state index in [2.05, 4.69) is 0 Å². The molecule has 124 valence electrons. The van der Waals surface area contributed by atoms with Crippen molar-refractivity contribution in [2.24, 2.45) is 0 Å². The average molecular weight is 336 g/mol. The number of phenols is 1. The normalized spacial score (nSPS) is 15.2. The number of benzene rings is 2. The molecule has 1 N–H and O–H groups in total. The van der Waals surface area contributed by atoms with Crippen molar-refractivity contribution in [1.82, 2.24) is 0 Å². The highest BCUT2D eigenvalue weighted by molar-refractivity contribution is 6.24. The summed E-state index contributed by atoms with van der Waals surface area (Å²) in [7, 11) is 1.51. The van der Waals surface area contributed by atoms with E-state index >= 15 is 0 Å². The fourth-order valence-electron chi connectivity index (χ4n) is 2.31. The molecule has 0 atom stereocenters. The van der Waals surface area contributed by atoms with Gasteiger partial charge in [0.05, 0.1) is 18.4 Å². The Bertz CT molecular complexity index is 925. The third-order valence-corrected chi connectivity index (χ3v) is 3.56. The number of nitrogens with zero attached hydrogens (tertiary/aromatic N) is 2. The van der Waals surface area contributed by atoms with Gasteiger partial charge < -0.3 is 14.6 Å². The first kappa shape index (κ1) is 16.1. The first-order valence-electron chi connectivity index (χ1n) is 7.18. The molecule has 0 saturated carbocycles. The Labute approximate surface area is 142 Å². The second-order valence-electron chi connectivity index (χ2n) is 5.10. The summed E-state index contributed by atoms with van der Waals surface area (Å²) < 4.78 is 10.1. The summed E-state index contributed by atoms with van der Waals surface area (Å²) in [5.41, 5.74) is 0.850. The number of carbonyl (C=O) groups excluding carboxylic acids is 2. The van der Waals surface area contributed by atoms with Gasteiger partial charge in [0.2, 0.25) is 0 Å². The SMILES string of the molecule is COc1ccc(N2C(=O)O/C(=C\c3ccc(O)c(C#N)c3)C2=O)cc1. The number of imide groups is 1. The van der Waals surface area contributed by atoms with Crippen LogP contribution in [0.15, 0.2) is 48.2 Å². The van der Waals surface area contributed by atoms with E-state index in [1.165, 1.54) is 31.4 Å². The van der Waals surface area contributed by atoms with E-state index in [1.807, 2.05) is 6.07 Å². The first-order chi connectivity index (χ1) is 12.0. The Kier molecular flexibility index (Phi) is 4.10. The van der Waals surface area contributed by atoms with Gasteiger partial charge in [-0.25, -0.2) is 9.69 Å². The molecule has 25 heavy (non-hydrogen) atoms. The van der Waals surface area contributed by atoms with Crippen molar-refractivity contribution in [2.45, 2.75) is 0 Å². The molecule has 0 aromatic heterocycles. The lowest BCUT2D eigenvalue weighted by atomic mass is 10.1. The quantitative estimate of drug-likeness (QED) is 0.865. The van der Waals surface area contributed by atoms with Gasteiger partial charge in [0, 0.05) is 0 Å². The number of hydrogen-bond donors (Lipinski definition) is 1. The highest BCUT2D eigenvalue weighted by Crippen LogP contribution is 2.28. The van der Waals surface area contributed by atoms with Gasteiger partial charge in [-0.3, -0.25) is 4.79 Å². The molecule has 1 aliphatic rings. The number of rotatable bonds is 3. The number of cyclic esters (lactones) is 1. The molecule has 2 amide bonds. The predicted molar refractivity (Wildman–Crippen MR) is 87.8 cm³/mol. The molecule has 0 bridgehead atoms. The summed E-state index contributed by atoms with van der Waals surface area (Å²) in [6.07, 6.45) is 0.519. The molecule has 2 aromatic carbocycles. The van der Waals surface area contributed by atoms with Gasteiger partial charge in [0.15, 0.2) is 5.76 Å². The highest BCUT2D eigenvalue weighted by atomic mass is 16.6. The summed E-state index contributed by atoms with van der Waals surface area (Å²) in [4.78, 5) is 25.4. The molecular formula is C18H12N2O5. The van der Waals surface area contributed by atoms with E-state index in [-0.39, 0.29) is 17.1 Å². The number of ether oxygens (including phenoxy) is 2. The lowest BCUT2D eigenvalue weighted by Gasteiger charge is -2.10. The summed E-state index contributed by atoms with van der Waals surface area (Å²) in [6, 6.07) is 12.4. The van der Waals surface area contributed by atoms with E-state index in [9.17, 15) is 14.7 Å². The Hall–Kier alpha value is -3.79. The van der Waals surface area contributed by atoms with Crippen molar-refractivity contribution in [2.75, 3.05) is 12.0 Å². The predicted octanol–water partition coefficient (Wildman–Crippen LogP) is 2.80. The standard InChI is InChI=1S/C18H12N2O5/c1-24-14-5-3-13(4-6-14)20-17(22)16(25-18(20)23)9-11-2-7-15(21)12(8-11)10-19/h2-9,21H,1H3/b16-9-. The molecule has 0 spiro atoms. The van der Waals surface area contributed by atoms with Crippen LogP contribution < -0.4 is 9.64 Å². The van der Waals surface area contributed by atoms with Crippen molar-refractivity contribution < 1.29 is 24.2 Å². The van der Waals surface area contributed by atoms with Gasteiger partial charge in [-0.15, -0.1) is 0 Å². The average Bonchev–Trinajstić information content (AvgIpc) is 2.90. The number of phenolic OH excluding ortho intramolecular Hbond substituents is 1. The van der Waals surface area contributed by atoms with Crippen LogP contribution in [0.3, 0.4) is 0 Å². The van der Waals surface area contributed by atoms with Crippen molar-refractivity contribution in [3.8, 4) is 17.6 Å². The zero-order chi connectivity index (χ0) is 18.0. The maximum atomic E-state index is 12.5. The maximum absolute atomic E-state index is 12.5. The van der Waals surface area contributed by atoms with E-state index < -0.39 is 12.0 Å². The van der Waals surface area contributed by atoms with Crippen LogP contribution in [0.4, 0.5) is 10.5 Å². The minimum Gasteiger partial charge on any atom is -0.507 e. The van der Waals surface area contributed by atoms with Crippen molar-refractivity contribution in [1.29, 1.82) is 5.26 Å². The molecule has 1 aliphatic heterocycles. The van der Waals surface area contributed by atoms with E-state index in [0.29, 0.717) is 17.0 Å². The Morgan fingerprint density at radius 2 is 1.92 bits per heavy atom. The molecule has 1 fully saturated rings. The third-order valence-electron chi connectivity index (χ3n) is 3.56. The number of aromatic hydroxyl groups is 1. The topological polar surface area (TPSA) is 99.9 Å². The number of anilines is 1. The maximum Gasteiger partial charge on any atom is 0.427 e. The van der Waals surface area contributed by atoms with Crippen molar-refractivity contribution >= 4 is 23.8 Å². The number of carbonyl (C=O) groups is 2. The third kappa shape index (κ3) is 3.01. The number of nitriles is 1. The number of hydrogen-bond acceptors (Lipinski definition) is 6. The molecule has 1 heterocycles. The van der Waals surface area contributed by atoms with Crippen LogP contribution in [-0.2, 0) is 9.53 Å². The van der Waals surface area contributed by atoms with E-state index in [0.717, 1.165) is 4.90 Å². The van der Waals surface area contributed by atoms with Crippen LogP contribution >= 0.6 is 0 Å². The van der Waals surface area contributed by atoms with Crippen LogP contribution in [0.25, 0.3) is 6.08 Å². The van der Waals surface area contributed by atoms with Crippen LogP contribution in [0, 0.1) is 11.3 Å². The summed E-state index contributed by atoms with van der Waals surface area (Å²) >= 11 is 0. The molecule has 7 nitrogen and oxygen atoms in total. The summed E-state index contributed by atoms with van der Waals surface area (Å²) in [5.74, 6) is -0.371. The number of methoxy groups -OCH3 is 1. The zero-order valence-electron chi connectivity index (χ0n) is 13.1. The van der Waals surface area contributed by atoms with Gasteiger partial charge in [-0.05, 0) is 48.0 Å². The van der Waals surface area contributed by atoms with E-state index in [4.69, 9.17) is 14.7 Å². The summed E-state index contributed by atoms with van der Waals surface area (Å²) in [5, 5.41) is 18.4. The second-order valence-corrected chi connectivity index (χ2v) is 5.10. The van der Waals surface area contributed by atoms with Gasteiger partial charge in [0.25, 0.3) is 0 Å².